The fourth-order valence-corrected chi connectivity index (χ4v) is 4.28. The quantitative estimate of drug-likeness (QED) is 0.333. The highest BCUT2D eigenvalue weighted by Gasteiger charge is 2.21. The van der Waals surface area contributed by atoms with Crippen molar-refractivity contribution in [3.05, 3.63) is 71.0 Å². The van der Waals surface area contributed by atoms with Gasteiger partial charge in [0.1, 0.15) is 35.9 Å². The molecule has 4 aromatic rings. The predicted octanol–water partition coefficient (Wildman–Crippen LogP) is 4.77. The summed E-state index contributed by atoms with van der Waals surface area (Å²) in [6.07, 6.45) is 3.83. The molecule has 0 saturated carbocycles. The Morgan fingerprint density at radius 1 is 1.22 bits per heavy atom. The minimum atomic E-state index is -0.582. The van der Waals surface area contributed by atoms with Crippen LogP contribution in [0.2, 0.25) is 5.02 Å². The Balaban J connectivity index is 1.24. The summed E-state index contributed by atoms with van der Waals surface area (Å²) in [6.45, 7) is 1.93. The monoisotopic (exact) mass is 507 g/mol. The molecule has 3 N–H and O–H groups in total. The Morgan fingerprint density at radius 2 is 2.11 bits per heavy atom. The number of nitrogens with one attached hydrogen (secondary N) is 1. The fraction of sp³-hybridized carbons (Fsp3) is 0.269. The van der Waals surface area contributed by atoms with E-state index in [0.29, 0.717) is 46.3 Å². The molecule has 0 bridgehead atoms. The van der Waals surface area contributed by atoms with E-state index in [4.69, 9.17) is 31.2 Å². The number of likely N-dealkylation sites (tertiary alicyclic amines) is 1. The number of fused-ring (bicyclic) bond motifs is 1. The van der Waals surface area contributed by atoms with Gasteiger partial charge in [0.25, 0.3) is 11.9 Å². The zero-order valence-electron chi connectivity index (χ0n) is 19.7. The van der Waals surface area contributed by atoms with Crippen LogP contribution >= 0.6 is 11.6 Å². The van der Waals surface area contributed by atoms with E-state index in [9.17, 15) is 4.79 Å². The van der Waals surface area contributed by atoms with Crippen molar-refractivity contribution in [2.75, 3.05) is 25.5 Å². The number of hydrogen-bond donors (Lipinski definition) is 2. The summed E-state index contributed by atoms with van der Waals surface area (Å²) in [7, 11) is 2.11. The minimum absolute atomic E-state index is 0.195. The topological polar surface area (TPSA) is 116 Å². The second-order valence-electron chi connectivity index (χ2n) is 8.71. The number of ether oxygens (including phenoxy) is 2. The van der Waals surface area contributed by atoms with Crippen molar-refractivity contribution in [1.82, 2.24) is 14.9 Å². The third kappa shape index (κ3) is 5.53. The largest absolute Gasteiger partial charge is 0.490 e. The average Bonchev–Trinajstić information content (AvgIpc) is 3.47. The number of likely N-dealkylation sites (N-methyl/N-ethyl adjacent to an activating group) is 1. The van der Waals surface area contributed by atoms with Crippen molar-refractivity contribution in [2.24, 2.45) is 5.73 Å². The van der Waals surface area contributed by atoms with Gasteiger partial charge in [-0.15, -0.1) is 0 Å². The lowest BCUT2D eigenvalue weighted by Gasteiger charge is -2.20. The highest BCUT2D eigenvalue weighted by Crippen LogP contribution is 2.31. The summed E-state index contributed by atoms with van der Waals surface area (Å²) in [5.41, 5.74) is 8.26. The second-order valence-corrected chi connectivity index (χ2v) is 9.12. The lowest BCUT2D eigenvalue weighted by molar-refractivity contribution is 0.0995. The van der Waals surface area contributed by atoms with Crippen molar-refractivity contribution in [3.8, 4) is 11.5 Å². The first kappa shape index (κ1) is 23.9. The van der Waals surface area contributed by atoms with Gasteiger partial charge >= 0.3 is 0 Å². The number of carbonyl (C=O) groups excluding carboxylic acids is 1. The maximum Gasteiger partial charge on any atom is 0.300 e. The molecule has 0 aliphatic carbocycles. The van der Waals surface area contributed by atoms with Gasteiger partial charge in [-0.2, -0.15) is 4.98 Å². The molecule has 5 rings (SSSR count). The predicted molar refractivity (Wildman–Crippen MR) is 137 cm³/mol. The van der Waals surface area contributed by atoms with Crippen molar-refractivity contribution >= 4 is 40.3 Å². The molecule has 1 atom stereocenters. The number of benzene rings is 2. The van der Waals surface area contributed by atoms with Crippen LogP contribution in [0, 0.1) is 0 Å². The summed E-state index contributed by atoms with van der Waals surface area (Å²) in [4.78, 5) is 22.1. The number of nitrogens with zero attached hydrogens (tertiary/aromatic N) is 3. The zero-order valence-corrected chi connectivity index (χ0v) is 20.5. The number of primary amides is 1. The van der Waals surface area contributed by atoms with Crippen molar-refractivity contribution in [3.63, 3.8) is 0 Å². The normalized spacial score (nSPS) is 15.8. The van der Waals surface area contributed by atoms with Crippen LogP contribution < -0.4 is 20.5 Å². The molecule has 1 aliphatic rings. The van der Waals surface area contributed by atoms with Gasteiger partial charge in [-0.3, -0.25) is 9.78 Å². The number of halogens is 1. The molecule has 3 heterocycles. The Kier molecular flexibility index (Phi) is 6.92. The highest BCUT2D eigenvalue weighted by atomic mass is 35.5. The van der Waals surface area contributed by atoms with E-state index in [1.54, 1.807) is 36.4 Å². The number of nitrogens with two attached hydrogens (primary N) is 1. The summed E-state index contributed by atoms with van der Waals surface area (Å²) in [6, 6.07) is 14.9. The second kappa shape index (κ2) is 10.4. The Labute approximate surface area is 213 Å². The SMILES string of the molecule is CN1CCCC1COc1cc(Nc2nc3cc(OCc4ccnc(C(N)=O)c4)ccc3o2)ccc1Cl. The first-order chi connectivity index (χ1) is 17.4. The van der Waals surface area contributed by atoms with Crippen LogP contribution in [0.5, 0.6) is 11.5 Å². The molecule has 186 valence electrons. The molecular weight excluding hydrogens is 482 g/mol. The van der Waals surface area contributed by atoms with Crippen LogP contribution in [0.1, 0.15) is 28.9 Å². The molecule has 1 aliphatic heterocycles. The van der Waals surface area contributed by atoms with Crippen molar-refractivity contribution in [1.29, 1.82) is 0 Å². The number of rotatable bonds is 9. The Hall–Kier alpha value is -3.82. The number of pyridine rings is 1. The number of aromatic nitrogens is 2. The third-order valence-electron chi connectivity index (χ3n) is 6.13. The van der Waals surface area contributed by atoms with Crippen LogP contribution in [0.3, 0.4) is 0 Å². The molecule has 0 radical (unpaired) electrons. The zero-order chi connectivity index (χ0) is 25.1. The van der Waals surface area contributed by atoms with Gasteiger partial charge in [0, 0.05) is 30.1 Å². The molecule has 36 heavy (non-hydrogen) atoms. The summed E-state index contributed by atoms with van der Waals surface area (Å²) in [5.74, 6) is 0.643. The molecule has 2 aromatic heterocycles. The number of amides is 1. The highest BCUT2D eigenvalue weighted by molar-refractivity contribution is 6.32. The molecule has 1 fully saturated rings. The lowest BCUT2D eigenvalue weighted by Crippen LogP contribution is -2.30. The first-order valence-corrected chi connectivity index (χ1v) is 12.0. The maximum atomic E-state index is 11.3. The van der Waals surface area contributed by atoms with E-state index in [-0.39, 0.29) is 12.3 Å². The Morgan fingerprint density at radius 3 is 2.92 bits per heavy atom. The third-order valence-corrected chi connectivity index (χ3v) is 6.44. The standard InChI is InChI=1S/C26H26ClN5O4/c1-32-10-2-3-18(32)15-35-24-12-17(4-6-20(24)27)30-26-31-21-13-19(5-7-23(21)36-26)34-14-16-8-9-29-22(11-16)25(28)33/h4-9,11-13,18H,2-3,10,14-15H2,1H3,(H2,28,33)(H,30,31). The van der Waals surface area contributed by atoms with Crippen molar-refractivity contribution < 1.29 is 18.7 Å². The molecule has 1 unspecified atom stereocenters. The van der Waals surface area contributed by atoms with Gasteiger partial charge in [0.15, 0.2) is 5.58 Å². The fourth-order valence-electron chi connectivity index (χ4n) is 4.11. The molecule has 2 aromatic carbocycles. The van der Waals surface area contributed by atoms with Gasteiger partial charge in [0.2, 0.25) is 0 Å². The maximum absolute atomic E-state index is 11.3. The van der Waals surface area contributed by atoms with Crippen LogP contribution in [0.25, 0.3) is 11.1 Å². The number of carbonyl (C=O) groups is 1. The van der Waals surface area contributed by atoms with Crippen LogP contribution in [0.4, 0.5) is 11.7 Å². The summed E-state index contributed by atoms with van der Waals surface area (Å²) in [5, 5.41) is 3.73. The molecular formula is C26H26ClN5O4. The number of hydrogen-bond acceptors (Lipinski definition) is 8. The van der Waals surface area contributed by atoms with Gasteiger partial charge in [0.05, 0.1) is 5.02 Å². The van der Waals surface area contributed by atoms with Gasteiger partial charge in [-0.05, 0) is 68.4 Å². The van der Waals surface area contributed by atoms with Gasteiger partial charge in [-0.25, -0.2) is 0 Å². The molecule has 10 heteroatoms. The van der Waals surface area contributed by atoms with E-state index in [2.05, 4.69) is 27.2 Å². The summed E-state index contributed by atoms with van der Waals surface area (Å²) < 4.78 is 17.7. The van der Waals surface area contributed by atoms with Crippen LogP contribution in [-0.4, -0.2) is 47.0 Å². The van der Waals surface area contributed by atoms with Crippen LogP contribution in [-0.2, 0) is 6.61 Å². The number of anilines is 2. The van der Waals surface area contributed by atoms with Crippen LogP contribution in [0.15, 0.2) is 59.1 Å². The molecule has 0 spiro atoms. The van der Waals surface area contributed by atoms with Gasteiger partial charge < -0.3 is 29.8 Å². The summed E-state index contributed by atoms with van der Waals surface area (Å²) >= 11 is 6.36. The first-order valence-electron chi connectivity index (χ1n) is 11.6. The van der Waals surface area contributed by atoms with Crippen molar-refractivity contribution in [2.45, 2.75) is 25.5 Å². The average molecular weight is 508 g/mol. The van der Waals surface area contributed by atoms with E-state index in [0.717, 1.165) is 24.2 Å². The van der Waals surface area contributed by atoms with E-state index >= 15 is 0 Å². The Bertz CT molecular complexity index is 1390. The van der Waals surface area contributed by atoms with E-state index in [1.807, 2.05) is 12.1 Å². The minimum Gasteiger partial charge on any atom is -0.490 e. The van der Waals surface area contributed by atoms with E-state index in [1.165, 1.54) is 12.6 Å². The van der Waals surface area contributed by atoms with Gasteiger partial charge in [-0.1, -0.05) is 11.6 Å². The molecule has 1 saturated heterocycles. The smallest absolute Gasteiger partial charge is 0.300 e. The lowest BCUT2D eigenvalue weighted by atomic mass is 10.2. The van der Waals surface area contributed by atoms with E-state index < -0.39 is 5.91 Å². The molecule has 9 nitrogen and oxygen atoms in total. The molecule has 1 amide bonds. The number of oxazole rings is 1.